The van der Waals surface area contributed by atoms with Crippen LogP contribution in [-0.4, -0.2) is 115 Å². The van der Waals surface area contributed by atoms with Crippen LogP contribution in [0.25, 0.3) is 0 Å². The van der Waals surface area contributed by atoms with Gasteiger partial charge in [-0.3, -0.25) is 57.4 Å². The van der Waals surface area contributed by atoms with Gasteiger partial charge in [0.1, 0.15) is 24.9 Å². The molecule has 0 aliphatic carbocycles. The lowest BCUT2D eigenvalue weighted by atomic mass is 10.0. The van der Waals surface area contributed by atoms with E-state index >= 15 is 0 Å². The summed E-state index contributed by atoms with van der Waals surface area (Å²) in [6.45, 7) is -0.0664. The Morgan fingerprint density at radius 1 is 0.421 bits per heavy atom. The van der Waals surface area contributed by atoms with E-state index in [1.54, 1.807) is 35.3 Å². The van der Waals surface area contributed by atoms with Crippen LogP contribution >= 0.6 is 47.0 Å². The second-order valence-electron chi connectivity index (χ2n) is 19.7. The number of aliphatic hydroxyl groups excluding tert-OH is 1. The number of aromatic amines is 4. The number of nitrogens with one attached hydrogen (secondary N) is 4. The molecule has 4 aliphatic rings. The van der Waals surface area contributed by atoms with Crippen LogP contribution in [0.4, 0.5) is 0 Å². The number of H-pyrrole nitrogens is 4. The Hall–Kier alpha value is -4.86. The number of nitrogens with zero attached hydrogens (tertiary/aromatic N) is 4. The maximum atomic E-state index is 13.0. The minimum atomic E-state index is -0.565. The van der Waals surface area contributed by atoms with Crippen molar-refractivity contribution in [2.45, 2.75) is 106 Å². The van der Waals surface area contributed by atoms with Gasteiger partial charge in [-0.1, -0.05) is 30.3 Å². The molecule has 4 aliphatic heterocycles. The highest BCUT2D eigenvalue weighted by Crippen LogP contribution is 2.42. The van der Waals surface area contributed by atoms with Gasteiger partial charge in [-0.15, -0.1) is 0 Å². The van der Waals surface area contributed by atoms with Gasteiger partial charge in [-0.25, -0.2) is 19.2 Å². The van der Waals surface area contributed by atoms with Crippen LogP contribution in [0.15, 0.2) is 118 Å². The Morgan fingerprint density at radius 3 is 1.03 bits per heavy atom. The number of aliphatic hydroxyl groups is 1. The van der Waals surface area contributed by atoms with E-state index < -0.39 is 69.9 Å². The lowest BCUT2D eigenvalue weighted by molar-refractivity contribution is -0.0160. The summed E-state index contributed by atoms with van der Waals surface area (Å²) < 4.78 is 31.7. The van der Waals surface area contributed by atoms with Gasteiger partial charge in [-0.05, 0) is 121 Å². The zero-order valence-electron chi connectivity index (χ0n) is 41.7. The summed E-state index contributed by atoms with van der Waals surface area (Å²) >= 11 is 7.15. The molecule has 76 heavy (non-hydrogen) atoms. The molecule has 4 fully saturated rings. The zero-order chi connectivity index (χ0) is 53.1. The van der Waals surface area contributed by atoms with Crippen molar-refractivity contribution in [3.05, 3.63) is 168 Å². The van der Waals surface area contributed by atoms with E-state index in [1.807, 2.05) is 30.0 Å². The van der Waals surface area contributed by atoms with Crippen LogP contribution in [0, 0.1) is 23.7 Å². The number of rotatable bonds is 25. The summed E-state index contributed by atoms with van der Waals surface area (Å²) in [7, 11) is 0. The van der Waals surface area contributed by atoms with Crippen LogP contribution in [-0.2, 0) is 24.7 Å². The van der Waals surface area contributed by atoms with Crippen LogP contribution in [0.2, 0.25) is 0 Å². The first-order chi connectivity index (χ1) is 36.9. The number of ether oxygens (including phenoxy) is 4. The molecule has 21 nitrogen and oxygen atoms in total. The quantitative estimate of drug-likeness (QED) is 0.0523. The molecule has 410 valence electrons. The van der Waals surface area contributed by atoms with E-state index in [2.05, 4.69) is 32.1 Å². The minimum absolute atomic E-state index is 0.0517. The number of thioether (sulfide) groups is 4. The van der Waals surface area contributed by atoms with Crippen molar-refractivity contribution in [3.63, 3.8) is 0 Å². The fraction of sp³-hybridized carbons (Fsp3) is 0.569. The van der Waals surface area contributed by atoms with Crippen molar-refractivity contribution in [2.75, 3.05) is 46.9 Å². The van der Waals surface area contributed by atoms with Crippen molar-refractivity contribution in [1.29, 1.82) is 0 Å². The van der Waals surface area contributed by atoms with Crippen LogP contribution in [0.3, 0.4) is 0 Å². The van der Waals surface area contributed by atoms with E-state index in [9.17, 15) is 43.5 Å². The monoisotopic (exact) mass is 1120 g/mol. The van der Waals surface area contributed by atoms with Crippen molar-refractivity contribution >= 4 is 47.0 Å². The summed E-state index contributed by atoms with van der Waals surface area (Å²) in [5, 5.41) is 9.79. The number of hydrogen-bond donors (Lipinski definition) is 5. The summed E-state index contributed by atoms with van der Waals surface area (Å²) in [6.07, 6.45) is 7.86. The number of hydrogen-bond acceptors (Lipinski definition) is 17. The minimum Gasteiger partial charge on any atom is -0.396 e. The third kappa shape index (κ3) is 14.4. The fourth-order valence-corrected chi connectivity index (χ4v) is 15.6. The van der Waals surface area contributed by atoms with Gasteiger partial charge in [0.25, 0.3) is 22.2 Å². The summed E-state index contributed by atoms with van der Waals surface area (Å²) in [5.74, 6) is 6.59. The topological polar surface area (TPSA) is 277 Å². The molecule has 4 aromatic heterocycles. The van der Waals surface area contributed by atoms with Gasteiger partial charge in [0, 0.05) is 61.4 Å². The predicted octanol–water partition coefficient (Wildman–Crippen LogP) is 3.49. The third-order valence-electron chi connectivity index (χ3n) is 14.6. The first-order valence-corrected chi connectivity index (χ1v) is 30.3. The summed E-state index contributed by atoms with van der Waals surface area (Å²) in [5.41, 5.74) is -2.78. The lowest BCUT2D eigenvalue weighted by Gasteiger charge is -2.21. The molecule has 8 heterocycles. The van der Waals surface area contributed by atoms with Gasteiger partial charge in [0.05, 0.1) is 24.4 Å². The Bertz CT molecular complexity index is 3200. The number of benzene rings is 1. The second-order valence-corrected chi connectivity index (χ2v) is 24.2. The van der Waals surface area contributed by atoms with E-state index in [1.165, 1.54) is 72.9 Å². The van der Waals surface area contributed by atoms with Crippen molar-refractivity contribution in [1.82, 2.24) is 38.2 Å². The van der Waals surface area contributed by atoms with Gasteiger partial charge < -0.3 is 24.1 Å². The molecule has 0 radical (unpaired) electrons. The van der Waals surface area contributed by atoms with Crippen molar-refractivity contribution in [2.24, 2.45) is 23.7 Å². The molecule has 0 amide bonds. The van der Waals surface area contributed by atoms with Gasteiger partial charge in [0.15, 0.2) is 0 Å². The number of aromatic nitrogens is 8. The molecule has 0 unspecified atom stereocenters. The van der Waals surface area contributed by atoms with Crippen LogP contribution in [0.5, 0.6) is 0 Å². The molecule has 1 aromatic carbocycles. The van der Waals surface area contributed by atoms with Gasteiger partial charge in [-0.2, -0.15) is 47.0 Å². The van der Waals surface area contributed by atoms with Crippen LogP contribution in [0.1, 0.15) is 81.8 Å². The largest absolute Gasteiger partial charge is 0.396 e. The van der Waals surface area contributed by atoms with Gasteiger partial charge in [0.2, 0.25) is 0 Å². The predicted molar refractivity (Wildman–Crippen MR) is 293 cm³/mol. The Morgan fingerprint density at radius 2 is 0.724 bits per heavy atom. The average molecular weight is 1130 g/mol. The maximum absolute atomic E-state index is 13.0. The molecule has 0 saturated carbocycles. The first kappa shape index (κ1) is 55.9. The second kappa shape index (κ2) is 26.7. The molecular formula is C51H64N8O13S4. The Kier molecular flexibility index (Phi) is 19.6. The van der Waals surface area contributed by atoms with E-state index in [0.717, 1.165) is 46.7 Å². The molecule has 0 spiro atoms. The smallest absolute Gasteiger partial charge is 0.330 e. The highest BCUT2D eigenvalue weighted by Gasteiger charge is 2.41. The molecule has 5 N–H and O–H groups in total. The fourth-order valence-electron chi connectivity index (χ4n) is 10.7. The molecule has 12 atom stereocenters. The average Bonchev–Trinajstić information content (AvgIpc) is 4.20. The molecular weight excluding hydrogens is 1060 g/mol. The Balaban J connectivity index is 0.807. The normalized spacial score (nSPS) is 27.4. The van der Waals surface area contributed by atoms with Crippen LogP contribution < -0.4 is 45.0 Å². The molecule has 9 rings (SSSR count). The zero-order valence-corrected chi connectivity index (χ0v) is 45.0. The van der Waals surface area contributed by atoms with Gasteiger partial charge >= 0.3 is 22.8 Å². The summed E-state index contributed by atoms with van der Waals surface area (Å²) in [4.78, 5) is 108. The standard InChI is InChI=1S/C51H64N8O13S4/c60-18-10-36-32(22-44(69-36)56-14-6-40(61)52-48(56)65)27-73-19-11-37-33(23-45(70-37)57-15-7-41(62)53-49(57)66)28-74-20-12-38-34(24-46(71-38)58-16-8-42(63)54-50(58)67)29-75-21-13-39-35(30-76-26-31-4-2-1-3-5-31)25-47(72-39)59-17-9-43(64)55-51(59)68/h1-9,14-17,32-39,44-47,60H,10-13,18-30H2,(H,52,61,65)(H,53,62,66)(H,54,63,67)(H,55,64,68)/t32-,33-,34-,35-,36-,37-,38-,39-,44-,45-,46-,47-/m1/s1. The summed E-state index contributed by atoms with van der Waals surface area (Å²) in [6, 6.07) is 15.5. The SMILES string of the molecule is O=c1ccn([C@H]2C[C@H](CSCC[C@H]3O[C@@H](n4ccc(=O)[nH]c4=O)C[C@@H]3CSCC[C@H]3O[C@@H](n4ccc(=O)[nH]c4=O)C[C@@H]3CSCC[C@H]3O[C@@H](n4ccc(=O)[nH]c4=O)C[C@@H]3CSCc3ccccc3)[C@@H](CCO)O2)c(=O)[nH]1. The molecule has 0 bridgehead atoms. The molecule has 4 saturated heterocycles. The molecule has 5 aromatic rings. The van der Waals surface area contributed by atoms with Crippen molar-refractivity contribution in [3.8, 4) is 0 Å². The third-order valence-corrected chi connectivity index (χ3v) is 19.4. The van der Waals surface area contributed by atoms with E-state index in [-0.39, 0.29) is 54.7 Å². The molecule has 25 heteroatoms. The van der Waals surface area contributed by atoms with Crippen molar-refractivity contribution < 1.29 is 24.1 Å². The lowest BCUT2D eigenvalue weighted by Crippen LogP contribution is -2.31. The highest BCUT2D eigenvalue weighted by atomic mass is 32.2. The van der Waals surface area contributed by atoms with E-state index in [4.69, 9.17) is 18.9 Å². The first-order valence-electron chi connectivity index (χ1n) is 25.7. The Labute approximate surface area is 452 Å². The van der Waals surface area contributed by atoms with E-state index in [0.29, 0.717) is 50.7 Å². The highest BCUT2D eigenvalue weighted by molar-refractivity contribution is 7.99. The maximum Gasteiger partial charge on any atom is 0.330 e.